The maximum atomic E-state index is 13.4. The highest BCUT2D eigenvalue weighted by Crippen LogP contribution is 2.24. The Kier molecular flexibility index (Phi) is 6.57. The van der Waals surface area contributed by atoms with Crippen LogP contribution in [0.5, 0.6) is 0 Å². The van der Waals surface area contributed by atoms with Crippen LogP contribution in [-0.4, -0.2) is 16.9 Å². The Hall–Kier alpha value is -3.98. The first-order chi connectivity index (χ1) is 15.5. The molecule has 162 valence electrons. The van der Waals surface area contributed by atoms with Gasteiger partial charge in [0.1, 0.15) is 16.6 Å². The van der Waals surface area contributed by atoms with Crippen LogP contribution in [0.2, 0.25) is 0 Å². The first-order valence-corrected chi connectivity index (χ1v) is 10.6. The van der Waals surface area contributed by atoms with Crippen LogP contribution in [0.15, 0.2) is 76.7 Å². The zero-order chi connectivity index (χ0) is 22.3. The largest absolute Gasteiger partial charge is 0.467 e. The van der Waals surface area contributed by atoms with Crippen LogP contribution < -0.4 is 16.0 Å². The van der Waals surface area contributed by atoms with Gasteiger partial charge < -0.3 is 20.4 Å². The monoisotopic (exact) mass is 450 g/mol. The quantitative estimate of drug-likeness (QED) is 0.367. The van der Waals surface area contributed by atoms with Gasteiger partial charge in [0.15, 0.2) is 0 Å². The van der Waals surface area contributed by atoms with Crippen molar-refractivity contribution >= 4 is 34.6 Å². The smallest absolute Gasteiger partial charge is 0.319 e. The molecular formula is C23H19FN4O3S. The Balaban J connectivity index is 1.27. The number of nitrogens with one attached hydrogen (secondary N) is 3. The van der Waals surface area contributed by atoms with Crippen LogP contribution in [0.4, 0.5) is 20.6 Å². The topological polar surface area (TPSA) is 96.3 Å². The van der Waals surface area contributed by atoms with Crippen LogP contribution in [0.1, 0.15) is 11.5 Å². The van der Waals surface area contributed by atoms with Crippen LogP contribution in [-0.2, 0) is 17.8 Å². The summed E-state index contributed by atoms with van der Waals surface area (Å²) < 4.78 is 18.5. The lowest BCUT2D eigenvalue weighted by molar-refractivity contribution is -0.115. The number of hydrogen-bond donors (Lipinski definition) is 3. The summed E-state index contributed by atoms with van der Waals surface area (Å²) in [6.07, 6.45) is 1.64. The van der Waals surface area contributed by atoms with Crippen LogP contribution in [0.3, 0.4) is 0 Å². The molecule has 0 saturated heterocycles. The SMILES string of the molecule is O=C(Cc1csc(-c2cccc(F)c2)n1)Nc1ccc(NC(=O)NCc2ccco2)cc1. The van der Waals surface area contributed by atoms with Crippen LogP contribution in [0.25, 0.3) is 10.6 Å². The Labute approximate surface area is 187 Å². The number of urea groups is 1. The zero-order valence-corrected chi connectivity index (χ0v) is 17.6. The molecule has 2 aromatic carbocycles. The van der Waals surface area contributed by atoms with Crippen molar-refractivity contribution in [1.82, 2.24) is 10.3 Å². The fourth-order valence-electron chi connectivity index (χ4n) is 2.90. The van der Waals surface area contributed by atoms with Crippen molar-refractivity contribution < 1.29 is 18.4 Å². The minimum atomic E-state index is -0.365. The second-order valence-electron chi connectivity index (χ2n) is 6.84. The van der Waals surface area contributed by atoms with Crippen LogP contribution in [0, 0.1) is 5.82 Å². The summed E-state index contributed by atoms with van der Waals surface area (Å²) in [6.45, 7) is 0.282. The number of aromatic nitrogens is 1. The van der Waals surface area contributed by atoms with Gasteiger partial charge in [0.25, 0.3) is 0 Å². The van der Waals surface area contributed by atoms with Crippen LogP contribution >= 0.6 is 11.3 Å². The molecule has 3 amide bonds. The van der Waals surface area contributed by atoms with Gasteiger partial charge in [0.05, 0.1) is 24.9 Å². The molecule has 0 saturated carbocycles. The molecule has 0 aliphatic rings. The second kappa shape index (κ2) is 9.88. The van der Waals surface area contributed by atoms with Crippen molar-refractivity contribution in [3.8, 4) is 10.6 Å². The lowest BCUT2D eigenvalue weighted by atomic mass is 10.2. The fraction of sp³-hybridized carbons (Fsp3) is 0.0870. The van der Waals surface area contributed by atoms with Crippen molar-refractivity contribution in [1.29, 1.82) is 0 Å². The van der Waals surface area contributed by atoms with Gasteiger partial charge >= 0.3 is 6.03 Å². The van der Waals surface area contributed by atoms with Gasteiger partial charge in [-0.3, -0.25) is 4.79 Å². The van der Waals surface area contributed by atoms with E-state index in [2.05, 4.69) is 20.9 Å². The highest BCUT2D eigenvalue weighted by atomic mass is 32.1. The molecule has 0 bridgehead atoms. The minimum absolute atomic E-state index is 0.0982. The first-order valence-electron chi connectivity index (χ1n) is 9.73. The van der Waals surface area contributed by atoms with Crippen molar-refractivity contribution in [3.05, 3.63) is 89.6 Å². The summed E-state index contributed by atoms with van der Waals surface area (Å²) in [5.41, 5.74) is 2.47. The Bertz CT molecular complexity index is 1210. The van der Waals surface area contributed by atoms with E-state index in [9.17, 15) is 14.0 Å². The number of hydrogen-bond acceptors (Lipinski definition) is 5. The van der Waals surface area contributed by atoms with E-state index < -0.39 is 0 Å². The Morgan fingerprint density at radius 3 is 2.50 bits per heavy atom. The molecule has 0 aliphatic carbocycles. The molecule has 2 heterocycles. The summed E-state index contributed by atoms with van der Waals surface area (Å²) in [6, 6.07) is 16.1. The molecule has 0 fully saturated rings. The van der Waals surface area contributed by atoms with E-state index in [1.807, 2.05) is 0 Å². The van der Waals surface area contributed by atoms with Crippen molar-refractivity contribution in [2.75, 3.05) is 10.6 Å². The summed E-state index contributed by atoms with van der Waals surface area (Å²) in [4.78, 5) is 28.7. The Morgan fingerprint density at radius 1 is 1.00 bits per heavy atom. The second-order valence-corrected chi connectivity index (χ2v) is 7.70. The summed E-state index contributed by atoms with van der Waals surface area (Å²) in [5, 5.41) is 10.6. The molecule has 7 nitrogen and oxygen atoms in total. The summed E-state index contributed by atoms with van der Waals surface area (Å²) >= 11 is 1.36. The molecule has 0 unspecified atom stereocenters. The molecule has 2 aromatic heterocycles. The standard InChI is InChI=1S/C23H19FN4O3S/c24-16-4-1-3-15(11-16)22-27-19(14-32-22)12-21(29)26-17-6-8-18(9-7-17)28-23(30)25-13-20-5-2-10-31-20/h1-11,14H,12-13H2,(H,26,29)(H2,25,28,30). The molecule has 9 heteroatoms. The van der Waals surface area contributed by atoms with E-state index in [4.69, 9.17) is 4.42 Å². The van der Waals surface area contributed by atoms with E-state index >= 15 is 0 Å². The number of anilines is 2. The number of carbonyl (C=O) groups is 2. The van der Waals surface area contributed by atoms with Gasteiger partial charge in [-0.1, -0.05) is 12.1 Å². The van der Waals surface area contributed by atoms with E-state index in [0.29, 0.717) is 33.4 Å². The number of carbonyl (C=O) groups excluding carboxylic acids is 2. The normalized spacial score (nSPS) is 10.5. The van der Waals surface area contributed by atoms with E-state index in [-0.39, 0.29) is 30.7 Å². The van der Waals surface area contributed by atoms with E-state index in [1.54, 1.807) is 60.2 Å². The van der Waals surface area contributed by atoms with Gasteiger partial charge in [-0.25, -0.2) is 14.2 Å². The molecule has 0 radical (unpaired) electrons. The van der Waals surface area contributed by atoms with Gasteiger partial charge in [0, 0.05) is 22.3 Å². The number of benzene rings is 2. The lowest BCUT2D eigenvalue weighted by Gasteiger charge is -2.08. The summed E-state index contributed by atoms with van der Waals surface area (Å²) in [5.74, 6) is 0.101. The van der Waals surface area contributed by atoms with Crippen molar-refractivity contribution in [3.63, 3.8) is 0 Å². The van der Waals surface area contributed by atoms with Gasteiger partial charge in [-0.15, -0.1) is 11.3 Å². The minimum Gasteiger partial charge on any atom is -0.467 e. The number of furan rings is 1. The van der Waals surface area contributed by atoms with E-state index in [1.165, 1.54) is 23.5 Å². The predicted octanol–water partition coefficient (Wildman–Crippen LogP) is 5.05. The van der Waals surface area contributed by atoms with Gasteiger partial charge in [-0.2, -0.15) is 0 Å². The Morgan fingerprint density at radius 2 is 1.78 bits per heavy atom. The molecule has 0 spiro atoms. The van der Waals surface area contributed by atoms with E-state index in [0.717, 1.165) is 0 Å². The average Bonchev–Trinajstić information content (AvgIpc) is 3.46. The predicted molar refractivity (Wildman–Crippen MR) is 121 cm³/mol. The van der Waals surface area contributed by atoms with Crippen molar-refractivity contribution in [2.45, 2.75) is 13.0 Å². The highest BCUT2D eigenvalue weighted by molar-refractivity contribution is 7.13. The molecular weight excluding hydrogens is 431 g/mol. The maximum Gasteiger partial charge on any atom is 0.319 e. The third-order valence-electron chi connectivity index (χ3n) is 4.39. The molecule has 32 heavy (non-hydrogen) atoms. The fourth-order valence-corrected chi connectivity index (χ4v) is 3.72. The molecule has 4 rings (SSSR count). The number of rotatable bonds is 7. The van der Waals surface area contributed by atoms with Crippen molar-refractivity contribution in [2.24, 2.45) is 0 Å². The average molecular weight is 450 g/mol. The maximum absolute atomic E-state index is 13.4. The number of nitrogens with zero attached hydrogens (tertiary/aromatic N) is 1. The third-order valence-corrected chi connectivity index (χ3v) is 5.33. The molecule has 0 atom stereocenters. The first kappa shape index (κ1) is 21.3. The zero-order valence-electron chi connectivity index (χ0n) is 16.8. The van der Waals surface area contributed by atoms with Gasteiger partial charge in [-0.05, 0) is 48.5 Å². The molecule has 0 aliphatic heterocycles. The number of halogens is 1. The molecule has 4 aromatic rings. The third kappa shape index (κ3) is 5.79. The van der Waals surface area contributed by atoms with Gasteiger partial charge in [0.2, 0.25) is 5.91 Å². The number of amides is 3. The lowest BCUT2D eigenvalue weighted by Crippen LogP contribution is -2.27. The highest BCUT2D eigenvalue weighted by Gasteiger charge is 2.10. The number of thiazole rings is 1. The molecule has 3 N–H and O–H groups in total. The summed E-state index contributed by atoms with van der Waals surface area (Å²) in [7, 11) is 0.